The maximum Gasteiger partial charge on any atom is 0.328 e. The average Bonchev–Trinajstić information content (AvgIpc) is 2.47. The van der Waals surface area contributed by atoms with Crippen LogP contribution in [0.3, 0.4) is 0 Å². The Bertz CT molecular complexity index is 343. The molecule has 3 nitrogen and oxygen atoms in total. The van der Waals surface area contributed by atoms with Gasteiger partial charge in [-0.05, 0) is 28.1 Å². The van der Waals surface area contributed by atoms with E-state index in [1.165, 1.54) is 11.3 Å². The van der Waals surface area contributed by atoms with Crippen molar-refractivity contribution in [3.05, 3.63) is 26.9 Å². The SMILES string of the molecule is O=C(O)/C=C(\CO)c1ccc(Br)s1. The summed E-state index contributed by atoms with van der Waals surface area (Å²) in [5.74, 6) is -1.05. The van der Waals surface area contributed by atoms with Crippen molar-refractivity contribution in [3.8, 4) is 0 Å². The summed E-state index contributed by atoms with van der Waals surface area (Å²) >= 11 is 4.65. The summed E-state index contributed by atoms with van der Waals surface area (Å²) in [6, 6.07) is 3.57. The molecule has 0 aliphatic carbocycles. The van der Waals surface area contributed by atoms with Crippen molar-refractivity contribution < 1.29 is 15.0 Å². The molecule has 1 rings (SSSR count). The molecule has 1 heterocycles. The lowest BCUT2D eigenvalue weighted by atomic mass is 10.2. The Morgan fingerprint density at radius 2 is 2.31 bits per heavy atom. The van der Waals surface area contributed by atoms with Crippen LogP contribution < -0.4 is 0 Å². The quantitative estimate of drug-likeness (QED) is 0.820. The van der Waals surface area contributed by atoms with Gasteiger partial charge >= 0.3 is 5.97 Å². The van der Waals surface area contributed by atoms with Gasteiger partial charge in [-0.3, -0.25) is 0 Å². The number of aliphatic carboxylic acids is 1. The molecule has 0 aliphatic heterocycles. The molecule has 13 heavy (non-hydrogen) atoms. The molecule has 0 unspecified atom stereocenters. The van der Waals surface area contributed by atoms with Crippen molar-refractivity contribution in [2.45, 2.75) is 0 Å². The van der Waals surface area contributed by atoms with Crippen LogP contribution in [-0.2, 0) is 4.79 Å². The molecule has 1 aromatic rings. The van der Waals surface area contributed by atoms with Crippen LogP contribution in [0.25, 0.3) is 5.57 Å². The lowest BCUT2D eigenvalue weighted by Crippen LogP contribution is -1.94. The van der Waals surface area contributed by atoms with Gasteiger partial charge in [0.2, 0.25) is 0 Å². The van der Waals surface area contributed by atoms with Gasteiger partial charge in [0.1, 0.15) is 0 Å². The molecular weight excluding hydrogens is 256 g/mol. The second-order valence-corrected chi connectivity index (χ2v) is 4.73. The second-order valence-electron chi connectivity index (χ2n) is 2.27. The Hall–Kier alpha value is -0.650. The van der Waals surface area contributed by atoms with Crippen LogP contribution in [0.1, 0.15) is 4.88 Å². The summed E-state index contributed by atoms with van der Waals surface area (Å²) in [7, 11) is 0. The zero-order valence-electron chi connectivity index (χ0n) is 6.53. The van der Waals surface area contributed by atoms with E-state index < -0.39 is 5.97 Å². The van der Waals surface area contributed by atoms with Gasteiger partial charge in [-0.1, -0.05) is 0 Å². The molecule has 0 saturated heterocycles. The lowest BCUT2D eigenvalue weighted by Gasteiger charge is -1.97. The zero-order chi connectivity index (χ0) is 9.84. The summed E-state index contributed by atoms with van der Waals surface area (Å²) in [4.78, 5) is 11.1. The predicted octanol–water partition coefficient (Wildman–Crippen LogP) is 1.97. The third-order valence-corrected chi connectivity index (χ3v) is 3.06. The van der Waals surface area contributed by atoms with Gasteiger partial charge in [-0.15, -0.1) is 11.3 Å². The number of hydrogen-bond donors (Lipinski definition) is 2. The maximum atomic E-state index is 10.4. The fourth-order valence-corrected chi connectivity index (χ4v) is 2.22. The van der Waals surface area contributed by atoms with E-state index in [2.05, 4.69) is 15.9 Å². The highest BCUT2D eigenvalue weighted by molar-refractivity contribution is 9.11. The van der Waals surface area contributed by atoms with Crippen LogP contribution in [0.4, 0.5) is 0 Å². The zero-order valence-corrected chi connectivity index (χ0v) is 8.93. The maximum absolute atomic E-state index is 10.4. The van der Waals surface area contributed by atoms with Crippen LogP contribution in [0.2, 0.25) is 0 Å². The molecule has 1 aromatic heterocycles. The topological polar surface area (TPSA) is 57.5 Å². The molecule has 0 spiro atoms. The molecule has 0 bridgehead atoms. The largest absolute Gasteiger partial charge is 0.478 e. The number of aliphatic hydroxyl groups excluding tert-OH is 1. The number of aliphatic hydroxyl groups is 1. The number of hydrogen-bond acceptors (Lipinski definition) is 3. The third kappa shape index (κ3) is 2.95. The van der Waals surface area contributed by atoms with Crippen LogP contribution in [-0.4, -0.2) is 22.8 Å². The van der Waals surface area contributed by atoms with E-state index in [-0.39, 0.29) is 6.61 Å². The minimum atomic E-state index is -1.05. The minimum absolute atomic E-state index is 0.265. The highest BCUT2D eigenvalue weighted by Gasteiger charge is 2.05. The van der Waals surface area contributed by atoms with E-state index in [0.29, 0.717) is 5.57 Å². The van der Waals surface area contributed by atoms with Crippen molar-refractivity contribution in [1.29, 1.82) is 0 Å². The molecule has 2 N–H and O–H groups in total. The third-order valence-electron chi connectivity index (χ3n) is 1.36. The molecule has 70 valence electrons. The van der Waals surface area contributed by atoms with E-state index >= 15 is 0 Å². The fourth-order valence-electron chi connectivity index (χ4n) is 0.831. The van der Waals surface area contributed by atoms with Crippen molar-refractivity contribution in [1.82, 2.24) is 0 Å². The van der Waals surface area contributed by atoms with Crippen LogP contribution in [0, 0.1) is 0 Å². The molecule has 0 fully saturated rings. The summed E-state index contributed by atoms with van der Waals surface area (Å²) in [6.45, 7) is -0.265. The van der Waals surface area contributed by atoms with Crippen molar-refractivity contribution in [3.63, 3.8) is 0 Å². The Balaban J connectivity index is 2.97. The second kappa shape index (κ2) is 4.55. The number of carbonyl (C=O) groups is 1. The Morgan fingerprint density at radius 1 is 1.62 bits per heavy atom. The standard InChI is InChI=1S/C8H7BrO3S/c9-7-2-1-6(13-7)5(4-10)3-8(11)12/h1-3,10H,4H2,(H,11,12)/b5-3+. The summed E-state index contributed by atoms with van der Waals surface area (Å²) < 4.78 is 0.909. The van der Waals surface area contributed by atoms with Gasteiger partial charge in [0, 0.05) is 16.5 Å². The monoisotopic (exact) mass is 262 g/mol. The molecular formula is C8H7BrO3S. The molecule has 0 atom stereocenters. The van der Waals surface area contributed by atoms with Gasteiger partial charge in [0.15, 0.2) is 0 Å². The van der Waals surface area contributed by atoms with E-state index in [4.69, 9.17) is 10.2 Å². The first-order valence-electron chi connectivity index (χ1n) is 3.43. The first-order chi connectivity index (χ1) is 6.13. The Morgan fingerprint density at radius 3 is 2.69 bits per heavy atom. The Kier molecular flexibility index (Phi) is 3.65. The summed E-state index contributed by atoms with van der Waals surface area (Å²) in [5.41, 5.74) is 0.420. The van der Waals surface area contributed by atoms with Crippen LogP contribution >= 0.6 is 27.3 Å². The highest BCUT2D eigenvalue weighted by Crippen LogP contribution is 2.27. The van der Waals surface area contributed by atoms with E-state index in [9.17, 15) is 4.79 Å². The molecule has 0 amide bonds. The first kappa shape index (κ1) is 10.4. The Labute approximate surface area is 87.5 Å². The van der Waals surface area contributed by atoms with Crippen LogP contribution in [0.5, 0.6) is 0 Å². The summed E-state index contributed by atoms with van der Waals surface area (Å²) in [5, 5.41) is 17.4. The molecule has 5 heteroatoms. The first-order valence-corrected chi connectivity index (χ1v) is 5.04. The molecule has 0 saturated carbocycles. The summed E-state index contributed by atoms with van der Waals surface area (Å²) in [6.07, 6.45) is 1.01. The minimum Gasteiger partial charge on any atom is -0.478 e. The van der Waals surface area contributed by atoms with Crippen molar-refractivity contribution in [2.75, 3.05) is 6.61 Å². The predicted molar refractivity (Wildman–Crippen MR) is 54.7 cm³/mol. The normalized spacial score (nSPS) is 11.7. The van der Waals surface area contributed by atoms with Crippen LogP contribution in [0.15, 0.2) is 22.0 Å². The van der Waals surface area contributed by atoms with E-state index in [0.717, 1.165) is 14.7 Å². The number of halogens is 1. The van der Waals surface area contributed by atoms with E-state index in [1.807, 2.05) is 6.07 Å². The van der Waals surface area contributed by atoms with Crippen molar-refractivity contribution in [2.24, 2.45) is 0 Å². The number of thiophene rings is 1. The van der Waals surface area contributed by atoms with E-state index in [1.54, 1.807) is 6.07 Å². The van der Waals surface area contributed by atoms with Gasteiger partial charge in [0.25, 0.3) is 0 Å². The lowest BCUT2D eigenvalue weighted by molar-refractivity contribution is -0.131. The number of carboxylic acids is 1. The van der Waals surface area contributed by atoms with Gasteiger partial charge in [-0.2, -0.15) is 0 Å². The highest BCUT2D eigenvalue weighted by atomic mass is 79.9. The average molecular weight is 263 g/mol. The fraction of sp³-hybridized carbons (Fsp3) is 0.125. The van der Waals surface area contributed by atoms with Crippen molar-refractivity contribution >= 4 is 38.8 Å². The number of rotatable bonds is 3. The van der Waals surface area contributed by atoms with Gasteiger partial charge in [-0.25, -0.2) is 4.79 Å². The number of carboxylic acid groups (broad SMARTS) is 1. The molecule has 0 aliphatic rings. The van der Waals surface area contributed by atoms with Gasteiger partial charge < -0.3 is 10.2 Å². The molecule has 0 radical (unpaired) electrons. The van der Waals surface area contributed by atoms with Gasteiger partial charge in [0.05, 0.1) is 10.4 Å². The molecule has 0 aromatic carbocycles. The smallest absolute Gasteiger partial charge is 0.328 e.